The second-order valence-electron chi connectivity index (χ2n) is 8.41. The average Bonchev–Trinajstić information content (AvgIpc) is 3.34. The second kappa shape index (κ2) is 12.0. The van der Waals surface area contributed by atoms with Gasteiger partial charge in [0.25, 0.3) is 0 Å². The number of hydrogen-bond donors (Lipinski definition) is 1. The predicted octanol–water partition coefficient (Wildman–Crippen LogP) is 3.70. The molecule has 3 rings (SSSR count). The SMILES string of the molecule is CC(C)CC(=O)c1ccc(CNC=O)cc1.Cc1cc(CC(=O)N2CCCC2C)on1. The standard InChI is InChI=1S/C13H17NO2.C11H16N2O2/c1-10(2)7-13(16)12-5-3-11(4-6-12)8-14-9-15;1-8-6-10(15-12-8)7-11(14)13-5-3-4-9(13)2/h3-6,9-10H,7-8H2,1-2H3,(H,14,15);6,9H,3-5,7H2,1-2H3. The van der Waals surface area contributed by atoms with Crippen LogP contribution in [0.15, 0.2) is 34.9 Å². The molecule has 31 heavy (non-hydrogen) atoms. The number of ketones is 1. The molecule has 0 radical (unpaired) electrons. The van der Waals surface area contributed by atoms with E-state index < -0.39 is 0 Å². The van der Waals surface area contributed by atoms with Gasteiger partial charge in [0.2, 0.25) is 12.3 Å². The van der Waals surface area contributed by atoms with E-state index in [1.807, 2.05) is 56.0 Å². The highest BCUT2D eigenvalue weighted by Crippen LogP contribution is 2.18. The summed E-state index contributed by atoms with van der Waals surface area (Å²) >= 11 is 0. The molecule has 1 unspecified atom stereocenters. The Bertz CT molecular complexity index is 858. The van der Waals surface area contributed by atoms with Crippen LogP contribution < -0.4 is 5.32 Å². The summed E-state index contributed by atoms with van der Waals surface area (Å²) in [6.07, 6.45) is 3.80. The molecule has 7 heteroatoms. The monoisotopic (exact) mass is 427 g/mol. The van der Waals surface area contributed by atoms with Gasteiger partial charge < -0.3 is 14.7 Å². The lowest BCUT2D eigenvalue weighted by Crippen LogP contribution is -2.34. The van der Waals surface area contributed by atoms with Crippen molar-refractivity contribution in [2.24, 2.45) is 5.92 Å². The van der Waals surface area contributed by atoms with Gasteiger partial charge in [0.1, 0.15) is 5.76 Å². The van der Waals surface area contributed by atoms with Crippen LogP contribution in [-0.4, -0.2) is 40.7 Å². The Morgan fingerprint density at radius 1 is 1.29 bits per heavy atom. The van der Waals surface area contributed by atoms with Crippen LogP contribution in [0, 0.1) is 12.8 Å². The third kappa shape index (κ3) is 8.00. The number of likely N-dealkylation sites (tertiary alicyclic amines) is 1. The molecule has 1 fully saturated rings. The maximum atomic E-state index is 11.9. The number of Topliss-reactive ketones (excluding diaryl/α,β-unsaturated/α-hetero) is 1. The first-order chi connectivity index (χ1) is 14.8. The van der Waals surface area contributed by atoms with E-state index in [1.54, 1.807) is 0 Å². The van der Waals surface area contributed by atoms with Gasteiger partial charge in [0.05, 0.1) is 12.1 Å². The van der Waals surface area contributed by atoms with Crippen molar-refractivity contribution in [3.05, 3.63) is 52.9 Å². The maximum absolute atomic E-state index is 11.9. The van der Waals surface area contributed by atoms with Crippen molar-refractivity contribution >= 4 is 18.1 Å². The summed E-state index contributed by atoms with van der Waals surface area (Å²) < 4.78 is 5.03. The van der Waals surface area contributed by atoms with E-state index in [-0.39, 0.29) is 11.7 Å². The number of aromatic nitrogens is 1. The molecular weight excluding hydrogens is 394 g/mol. The summed E-state index contributed by atoms with van der Waals surface area (Å²) in [5, 5.41) is 6.35. The van der Waals surface area contributed by atoms with Gasteiger partial charge in [-0.2, -0.15) is 0 Å². The van der Waals surface area contributed by atoms with Crippen LogP contribution >= 0.6 is 0 Å². The molecule has 1 aliphatic rings. The molecule has 7 nitrogen and oxygen atoms in total. The highest BCUT2D eigenvalue weighted by Gasteiger charge is 2.25. The summed E-state index contributed by atoms with van der Waals surface area (Å²) in [5.41, 5.74) is 2.56. The van der Waals surface area contributed by atoms with Gasteiger partial charge >= 0.3 is 0 Å². The number of rotatable bonds is 8. The normalized spacial score (nSPS) is 15.4. The molecule has 1 aromatic heterocycles. The summed E-state index contributed by atoms with van der Waals surface area (Å²) in [4.78, 5) is 35.6. The first-order valence-electron chi connectivity index (χ1n) is 10.8. The quantitative estimate of drug-likeness (QED) is 0.512. The van der Waals surface area contributed by atoms with Crippen LogP contribution in [0.25, 0.3) is 0 Å². The average molecular weight is 428 g/mol. The Labute approximate surface area is 184 Å². The molecule has 168 valence electrons. The van der Waals surface area contributed by atoms with E-state index in [1.165, 1.54) is 0 Å². The van der Waals surface area contributed by atoms with Crippen molar-refractivity contribution in [2.45, 2.75) is 66.0 Å². The number of carbonyl (C=O) groups excluding carboxylic acids is 3. The van der Waals surface area contributed by atoms with Crippen LogP contribution in [0.5, 0.6) is 0 Å². The summed E-state index contributed by atoms with van der Waals surface area (Å²) in [5.74, 6) is 1.36. The molecule has 2 amide bonds. The smallest absolute Gasteiger partial charge is 0.230 e. The minimum absolute atomic E-state index is 0.149. The van der Waals surface area contributed by atoms with Gasteiger partial charge in [0.15, 0.2) is 5.78 Å². The number of benzene rings is 1. The fourth-order valence-corrected chi connectivity index (χ4v) is 3.51. The Kier molecular flexibility index (Phi) is 9.43. The van der Waals surface area contributed by atoms with Crippen molar-refractivity contribution < 1.29 is 18.9 Å². The first kappa shape index (κ1) is 24.3. The Morgan fingerprint density at radius 3 is 2.52 bits per heavy atom. The van der Waals surface area contributed by atoms with Gasteiger partial charge in [-0.25, -0.2) is 0 Å². The summed E-state index contributed by atoms with van der Waals surface area (Å²) in [6.45, 7) is 9.39. The van der Waals surface area contributed by atoms with E-state index in [0.717, 1.165) is 36.2 Å². The minimum Gasteiger partial charge on any atom is -0.361 e. The molecule has 1 N–H and O–H groups in total. The molecule has 1 aliphatic heterocycles. The number of nitrogens with one attached hydrogen (secondary N) is 1. The molecule has 0 saturated carbocycles. The Morgan fingerprint density at radius 2 is 2.00 bits per heavy atom. The zero-order valence-electron chi connectivity index (χ0n) is 18.9. The molecule has 0 aliphatic carbocycles. The van der Waals surface area contributed by atoms with E-state index in [9.17, 15) is 14.4 Å². The predicted molar refractivity (Wildman–Crippen MR) is 118 cm³/mol. The summed E-state index contributed by atoms with van der Waals surface area (Å²) in [6, 6.07) is 9.55. The van der Waals surface area contributed by atoms with Crippen molar-refractivity contribution in [1.29, 1.82) is 0 Å². The number of hydrogen-bond acceptors (Lipinski definition) is 5. The van der Waals surface area contributed by atoms with Gasteiger partial charge in [-0.3, -0.25) is 14.4 Å². The molecule has 2 heterocycles. The number of carbonyl (C=O) groups is 3. The maximum Gasteiger partial charge on any atom is 0.230 e. The minimum atomic E-state index is 0.149. The van der Waals surface area contributed by atoms with Crippen molar-refractivity contribution in [2.75, 3.05) is 6.54 Å². The van der Waals surface area contributed by atoms with E-state index >= 15 is 0 Å². The topological polar surface area (TPSA) is 92.5 Å². The van der Waals surface area contributed by atoms with Crippen molar-refractivity contribution in [3.8, 4) is 0 Å². The first-order valence-corrected chi connectivity index (χ1v) is 10.8. The number of aryl methyl sites for hydroxylation is 1. The van der Waals surface area contributed by atoms with Gasteiger partial charge in [0, 0.05) is 37.2 Å². The van der Waals surface area contributed by atoms with E-state index in [0.29, 0.717) is 43.5 Å². The van der Waals surface area contributed by atoms with Gasteiger partial charge in [-0.1, -0.05) is 43.3 Å². The zero-order valence-corrected chi connectivity index (χ0v) is 18.9. The molecule has 1 aromatic carbocycles. The zero-order chi connectivity index (χ0) is 22.8. The van der Waals surface area contributed by atoms with Crippen LogP contribution in [0.4, 0.5) is 0 Å². The van der Waals surface area contributed by atoms with Gasteiger partial charge in [-0.15, -0.1) is 0 Å². The Hall–Kier alpha value is -2.96. The van der Waals surface area contributed by atoms with Crippen LogP contribution in [0.1, 0.15) is 67.4 Å². The molecule has 2 aromatic rings. The van der Waals surface area contributed by atoms with Crippen molar-refractivity contribution in [3.63, 3.8) is 0 Å². The lowest BCUT2D eigenvalue weighted by atomic mass is 10.0. The highest BCUT2D eigenvalue weighted by molar-refractivity contribution is 5.96. The van der Waals surface area contributed by atoms with E-state index in [2.05, 4.69) is 17.4 Å². The molecular formula is C24H33N3O4. The molecule has 0 bridgehead atoms. The van der Waals surface area contributed by atoms with Crippen LogP contribution in [0.2, 0.25) is 0 Å². The van der Waals surface area contributed by atoms with Crippen LogP contribution in [0.3, 0.4) is 0 Å². The van der Waals surface area contributed by atoms with Crippen molar-refractivity contribution in [1.82, 2.24) is 15.4 Å². The third-order valence-electron chi connectivity index (χ3n) is 5.13. The summed E-state index contributed by atoms with van der Waals surface area (Å²) in [7, 11) is 0. The fourth-order valence-electron chi connectivity index (χ4n) is 3.51. The lowest BCUT2D eigenvalue weighted by molar-refractivity contribution is -0.131. The third-order valence-corrected chi connectivity index (χ3v) is 5.13. The molecule has 0 spiro atoms. The van der Waals surface area contributed by atoms with Crippen LogP contribution in [-0.2, 0) is 22.6 Å². The largest absolute Gasteiger partial charge is 0.361 e. The van der Waals surface area contributed by atoms with E-state index in [4.69, 9.17) is 4.52 Å². The second-order valence-corrected chi connectivity index (χ2v) is 8.41. The fraction of sp³-hybridized carbons (Fsp3) is 0.500. The highest BCUT2D eigenvalue weighted by atomic mass is 16.5. The van der Waals surface area contributed by atoms with Gasteiger partial charge in [-0.05, 0) is 38.2 Å². The number of amides is 2. The lowest BCUT2D eigenvalue weighted by Gasteiger charge is -2.20. The Balaban J connectivity index is 0.000000220. The molecule has 1 atom stereocenters. The number of nitrogens with zero attached hydrogens (tertiary/aromatic N) is 2. The molecule has 1 saturated heterocycles.